The van der Waals surface area contributed by atoms with E-state index in [0.29, 0.717) is 11.6 Å². The van der Waals surface area contributed by atoms with E-state index >= 15 is 0 Å². The van der Waals surface area contributed by atoms with Crippen LogP contribution in [0.5, 0.6) is 0 Å². The first-order chi connectivity index (χ1) is 10.3. The number of rotatable bonds is 6. The molecule has 0 amide bonds. The number of hydrogen-bond donors (Lipinski definition) is 1. The van der Waals surface area contributed by atoms with Gasteiger partial charge in [-0.15, -0.1) is 0 Å². The number of likely N-dealkylation sites (tertiary alicyclic amines) is 1. The Morgan fingerprint density at radius 1 is 1.24 bits per heavy atom. The fourth-order valence-corrected chi connectivity index (χ4v) is 4.42. The van der Waals surface area contributed by atoms with E-state index in [9.17, 15) is 0 Å². The molecule has 1 aliphatic heterocycles. The summed E-state index contributed by atoms with van der Waals surface area (Å²) in [6, 6.07) is 0.492. The lowest BCUT2D eigenvalue weighted by Crippen LogP contribution is -2.60. The largest absolute Gasteiger partial charge is 0.312 e. The van der Waals surface area contributed by atoms with Gasteiger partial charge in [-0.3, -0.25) is 9.58 Å². The molecule has 2 fully saturated rings. The lowest BCUT2D eigenvalue weighted by atomic mass is 9.84. The third-order valence-electron chi connectivity index (χ3n) is 5.50. The van der Waals surface area contributed by atoms with Crippen LogP contribution < -0.4 is 5.32 Å². The smallest absolute Gasteiger partial charge is 0.138 e. The number of nitrogens with zero attached hydrogens (tertiary/aromatic N) is 4. The van der Waals surface area contributed by atoms with Crippen LogP contribution in [0.3, 0.4) is 0 Å². The van der Waals surface area contributed by atoms with Crippen molar-refractivity contribution in [3.8, 4) is 0 Å². The minimum absolute atomic E-state index is 0.346. The highest BCUT2D eigenvalue weighted by Gasteiger charge is 2.46. The van der Waals surface area contributed by atoms with Gasteiger partial charge in [-0.2, -0.15) is 5.10 Å². The molecule has 1 aromatic rings. The third kappa shape index (κ3) is 2.86. The van der Waals surface area contributed by atoms with Crippen molar-refractivity contribution in [2.24, 2.45) is 7.05 Å². The predicted octanol–water partition coefficient (Wildman–Crippen LogP) is 1.74. The lowest BCUT2D eigenvalue weighted by Gasteiger charge is -2.45. The maximum atomic E-state index is 4.46. The SMILES string of the molecule is CCNC(Cc1ncnn1C)C1(N2CCCC2)CCCC1. The van der Waals surface area contributed by atoms with E-state index in [-0.39, 0.29) is 0 Å². The second-order valence-electron chi connectivity index (χ2n) is 6.62. The summed E-state index contributed by atoms with van der Waals surface area (Å²) in [7, 11) is 2.00. The van der Waals surface area contributed by atoms with Gasteiger partial charge < -0.3 is 5.32 Å². The molecule has 1 saturated carbocycles. The van der Waals surface area contributed by atoms with Gasteiger partial charge in [-0.05, 0) is 45.3 Å². The second-order valence-corrected chi connectivity index (χ2v) is 6.62. The van der Waals surface area contributed by atoms with Crippen molar-refractivity contribution in [2.75, 3.05) is 19.6 Å². The molecule has 0 bridgehead atoms. The Labute approximate surface area is 128 Å². The average Bonchev–Trinajstić information content (AvgIpc) is 3.20. The van der Waals surface area contributed by atoms with Gasteiger partial charge in [0.15, 0.2) is 0 Å². The average molecular weight is 291 g/mol. The van der Waals surface area contributed by atoms with E-state index in [1.165, 1.54) is 51.6 Å². The summed E-state index contributed by atoms with van der Waals surface area (Å²) in [6.07, 6.45) is 10.8. The van der Waals surface area contributed by atoms with Gasteiger partial charge in [0, 0.05) is 25.0 Å². The Bertz CT molecular complexity index is 443. The van der Waals surface area contributed by atoms with Crippen LogP contribution in [-0.4, -0.2) is 50.9 Å². The molecule has 1 saturated heterocycles. The van der Waals surface area contributed by atoms with Gasteiger partial charge in [-0.25, -0.2) is 4.98 Å². The molecule has 1 aliphatic carbocycles. The van der Waals surface area contributed by atoms with Crippen molar-refractivity contribution >= 4 is 0 Å². The maximum Gasteiger partial charge on any atom is 0.138 e. The third-order valence-corrected chi connectivity index (χ3v) is 5.50. The summed E-state index contributed by atoms with van der Waals surface area (Å²) in [4.78, 5) is 7.24. The molecule has 2 aliphatic rings. The van der Waals surface area contributed by atoms with Crippen LogP contribution in [0.1, 0.15) is 51.3 Å². The van der Waals surface area contributed by atoms with Gasteiger partial charge >= 0.3 is 0 Å². The van der Waals surface area contributed by atoms with E-state index in [2.05, 4.69) is 27.2 Å². The van der Waals surface area contributed by atoms with E-state index < -0.39 is 0 Å². The summed E-state index contributed by atoms with van der Waals surface area (Å²) in [5.41, 5.74) is 0.346. The molecule has 3 rings (SSSR count). The Balaban J connectivity index is 1.84. The zero-order chi connectivity index (χ0) is 14.7. The first-order valence-electron chi connectivity index (χ1n) is 8.57. The highest BCUT2D eigenvalue weighted by atomic mass is 15.3. The van der Waals surface area contributed by atoms with Gasteiger partial charge in [0.1, 0.15) is 12.2 Å². The predicted molar refractivity (Wildman–Crippen MR) is 84.2 cm³/mol. The molecule has 0 aromatic carbocycles. The monoisotopic (exact) mass is 291 g/mol. The van der Waals surface area contributed by atoms with Crippen LogP contribution in [0.15, 0.2) is 6.33 Å². The van der Waals surface area contributed by atoms with Crippen LogP contribution in [0.25, 0.3) is 0 Å². The van der Waals surface area contributed by atoms with Crippen molar-refractivity contribution in [1.82, 2.24) is 25.0 Å². The molecule has 21 heavy (non-hydrogen) atoms. The summed E-state index contributed by atoms with van der Waals surface area (Å²) in [6.45, 7) is 5.80. The summed E-state index contributed by atoms with van der Waals surface area (Å²) in [5, 5.41) is 8.03. The van der Waals surface area contributed by atoms with Gasteiger partial charge in [0.05, 0.1) is 0 Å². The maximum absolute atomic E-state index is 4.46. The van der Waals surface area contributed by atoms with E-state index in [1.807, 2.05) is 11.7 Å². The number of likely N-dealkylation sites (N-methyl/N-ethyl adjacent to an activating group) is 1. The molecule has 0 spiro atoms. The van der Waals surface area contributed by atoms with Crippen LogP contribution in [0.4, 0.5) is 0 Å². The molecule has 1 unspecified atom stereocenters. The molecule has 1 aromatic heterocycles. The quantitative estimate of drug-likeness (QED) is 0.867. The molecule has 118 valence electrons. The van der Waals surface area contributed by atoms with Crippen molar-refractivity contribution in [3.05, 3.63) is 12.2 Å². The highest BCUT2D eigenvalue weighted by molar-refractivity contribution is 5.08. The van der Waals surface area contributed by atoms with Crippen molar-refractivity contribution < 1.29 is 0 Å². The summed E-state index contributed by atoms with van der Waals surface area (Å²) in [5.74, 6) is 1.10. The number of aryl methyl sites for hydroxylation is 1. The fraction of sp³-hybridized carbons (Fsp3) is 0.875. The summed E-state index contributed by atoms with van der Waals surface area (Å²) >= 11 is 0. The second kappa shape index (κ2) is 6.44. The molecule has 0 radical (unpaired) electrons. The molecular formula is C16H29N5. The Hall–Kier alpha value is -0.940. The van der Waals surface area contributed by atoms with E-state index in [0.717, 1.165) is 18.8 Å². The molecular weight excluding hydrogens is 262 g/mol. The van der Waals surface area contributed by atoms with Crippen molar-refractivity contribution in [1.29, 1.82) is 0 Å². The lowest BCUT2D eigenvalue weighted by molar-refractivity contribution is 0.0761. The van der Waals surface area contributed by atoms with Gasteiger partial charge in [0.25, 0.3) is 0 Å². The van der Waals surface area contributed by atoms with Crippen molar-refractivity contribution in [2.45, 2.75) is 63.5 Å². The van der Waals surface area contributed by atoms with Crippen LogP contribution in [0, 0.1) is 0 Å². The molecule has 1 atom stereocenters. The zero-order valence-electron chi connectivity index (χ0n) is 13.5. The minimum Gasteiger partial charge on any atom is -0.312 e. The Morgan fingerprint density at radius 2 is 1.95 bits per heavy atom. The number of aromatic nitrogens is 3. The first kappa shape index (κ1) is 15.0. The molecule has 5 heteroatoms. The normalized spacial score (nSPS) is 23.7. The summed E-state index contributed by atoms with van der Waals surface area (Å²) < 4.78 is 1.93. The minimum atomic E-state index is 0.346. The fourth-order valence-electron chi connectivity index (χ4n) is 4.42. The molecule has 5 nitrogen and oxygen atoms in total. The molecule has 1 N–H and O–H groups in total. The van der Waals surface area contributed by atoms with Gasteiger partial charge in [0.2, 0.25) is 0 Å². The Morgan fingerprint density at radius 3 is 2.52 bits per heavy atom. The van der Waals surface area contributed by atoms with Crippen LogP contribution in [-0.2, 0) is 13.5 Å². The van der Waals surface area contributed by atoms with Gasteiger partial charge in [-0.1, -0.05) is 19.8 Å². The Kier molecular flexibility index (Phi) is 4.60. The highest BCUT2D eigenvalue weighted by Crippen LogP contribution is 2.40. The van der Waals surface area contributed by atoms with E-state index in [4.69, 9.17) is 0 Å². The van der Waals surface area contributed by atoms with Crippen LogP contribution >= 0.6 is 0 Å². The first-order valence-corrected chi connectivity index (χ1v) is 8.57. The molecule has 2 heterocycles. The van der Waals surface area contributed by atoms with E-state index in [1.54, 1.807) is 6.33 Å². The number of hydrogen-bond acceptors (Lipinski definition) is 4. The zero-order valence-corrected chi connectivity index (χ0v) is 13.5. The van der Waals surface area contributed by atoms with Crippen molar-refractivity contribution in [3.63, 3.8) is 0 Å². The van der Waals surface area contributed by atoms with Crippen LogP contribution in [0.2, 0.25) is 0 Å². The standard InChI is InChI=1S/C16H29N5/c1-3-17-14(12-15-18-13-19-20(15)2)16(8-4-5-9-16)21-10-6-7-11-21/h13-14,17H,3-12H2,1-2H3. The number of nitrogens with one attached hydrogen (secondary N) is 1. The topological polar surface area (TPSA) is 46.0 Å².